The number of nitrogens with zero attached hydrogens (tertiary/aromatic N) is 3. The van der Waals surface area contributed by atoms with Gasteiger partial charge in [0.1, 0.15) is 10.7 Å². The van der Waals surface area contributed by atoms with E-state index in [-0.39, 0.29) is 11.8 Å². The molecule has 1 aromatic carbocycles. The highest BCUT2D eigenvalue weighted by Gasteiger charge is 2.23. The number of hydrogen-bond donors (Lipinski definition) is 0. The Morgan fingerprint density at radius 3 is 2.42 bits per heavy atom. The van der Waals surface area contributed by atoms with Crippen molar-refractivity contribution in [3.8, 4) is 10.6 Å². The number of benzene rings is 1. The Kier molecular flexibility index (Phi) is 4.94. The van der Waals surface area contributed by atoms with Crippen LogP contribution in [0.1, 0.15) is 29.4 Å². The Labute approximate surface area is 145 Å². The van der Waals surface area contributed by atoms with Crippen molar-refractivity contribution in [2.45, 2.75) is 20.3 Å². The SMILES string of the molecule is CC(=O)N1CCCN(C(=O)c2csc(-c3ccc(C)cc3)n2)CC1. The molecule has 0 aliphatic carbocycles. The van der Waals surface area contributed by atoms with Crippen molar-refractivity contribution in [2.75, 3.05) is 26.2 Å². The second kappa shape index (κ2) is 7.13. The molecule has 2 heterocycles. The van der Waals surface area contributed by atoms with Crippen LogP contribution in [0.3, 0.4) is 0 Å². The summed E-state index contributed by atoms with van der Waals surface area (Å²) in [5, 5.41) is 2.68. The van der Waals surface area contributed by atoms with Crippen LogP contribution in [0.15, 0.2) is 29.6 Å². The highest BCUT2D eigenvalue weighted by atomic mass is 32.1. The first kappa shape index (κ1) is 16.6. The van der Waals surface area contributed by atoms with Gasteiger partial charge in [-0.25, -0.2) is 4.98 Å². The minimum atomic E-state index is -0.0463. The molecule has 126 valence electrons. The smallest absolute Gasteiger partial charge is 0.273 e. The zero-order chi connectivity index (χ0) is 17.1. The van der Waals surface area contributed by atoms with Crippen molar-refractivity contribution < 1.29 is 9.59 Å². The molecule has 2 aromatic rings. The third-order valence-corrected chi connectivity index (χ3v) is 5.14. The van der Waals surface area contributed by atoms with Gasteiger partial charge in [0, 0.05) is 44.0 Å². The molecule has 0 unspecified atom stereocenters. The topological polar surface area (TPSA) is 53.5 Å². The lowest BCUT2D eigenvalue weighted by Gasteiger charge is -2.20. The van der Waals surface area contributed by atoms with Crippen LogP contribution in [0, 0.1) is 6.92 Å². The average Bonchev–Trinajstić information content (AvgIpc) is 2.92. The van der Waals surface area contributed by atoms with E-state index in [9.17, 15) is 9.59 Å². The van der Waals surface area contributed by atoms with Gasteiger partial charge >= 0.3 is 0 Å². The van der Waals surface area contributed by atoms with E-state index in [4.69, 9.17) is 0 Å². The van der Waals surface area contributed by atoms with Crippen LogP contribution in [-0.4, -0.2) is 52.8 Å². The van der Waals surface area contributed by atoms with E-state index < -0.39 is 0 Å². The molecule has 0 saturated carbocycles. The normalized spacial score (nSPS) is 15.2. The zero-order valence-corrected chi connectivity index (χ0v) is 14.8. The first-order valence-electron chi connectivity index (χ1n) is 8.12. The van der Waals surface area contributed by atoms with E-state index >= 15 is 0 Å². The van der Waals surface area contributed by atoms with Crippen molar-refractivity contribution in [3.63, 3.8) is 0 Å². The van der Waals surface area contributed by atoms with Gasteiger partial charge in [-0.2, -0.15) is 0 Å². The first-order chi connectivity index (χ1) is 11.5. The molecule has 0 bridgehead atoms. The highest BCUT2D eigenvalue weighted by molar-refractivity contribution is 7.13. The molecule has 1 saturated heterocycles. The van der Waals surface area contributed by atoms with Crippen LogP contribution in [0.5, 0.6) is 0 Å². The molecular weight excluding hydrogens is 322 g/mol. The molecule has 1 aromatic heterocycles. The summed E-state index contributed by atoms with van der Waals surface area (Å²) in [6, 6.07) is 8.14. The Bertz CT molecular complexity index is 739. The number of carbonyl (C=O) groups is 2. The van der Waals surface area contributed by atoms with Crippen LogP contribution >= 0.6 is 11.3 Å². The molecule has 5 nitrogen and oxygen atoms in total. The van der Waals surface area contributed by atoms with Crippen molar-refractivity contribution in [3.05, 3.63) is 40.9 Å². The van der Waals surface area contributed by atoms with E-state index in [1.807, 2.05) is 36.6 Å². The Morgan fingerprint density at radius 2 is 1.71 bits per heavy atom. The third-order valence-electron chi connectivity index (χ3n) is 4.25. The summed E-state index contributed by atoms with van der Waals surface area (Å²) in [4.78, 5) is 32.3. The number of amides is 2. The maximum absolute atomic E-state index is 12.7. The van der Waals surface area contributed by atoms with Crippen LogP contribution in [-0.2, 0) is 4.79 Å². The summed E-state index contributed by atoms with van der Waals surface area (Å²) in [5.74, 6) is 0.0228. The van der Waals surface area contributed by atoms with E-state index in [1.165, 1.54) is 16.9 Å². The Balaban J connectivity index is 1.71. The number of rotatable bonds is 2. The second-order valence-corrected chi connectivity index (χ2v) is 6.91. The van der Waals surface area contributed by atoms with Crippen molar-refractivity contribution in [2.24, 2.45) is 0 Å². The van der Waals surface area contributed by atoms with Gasteiger partial charge in [-0.15, -0.1) is 11.3 Å². The standard InChI is InChI=1S/C18H21N3O2S/c1-13-4-6-15(7-5-13)17-19-16(12-24-17)18(23)21-9-3-8-20(10-11-21)14(2)22/h4-7,12H,3,8-11H2,1-2H3. The van der Waals surface area contributed by atoms with E-state index in [2.05, 4.69) is 4.98 Å². The van der Waals surface area contributed by atoms with Gasteiger partial charge in [0.15, 0.2) is 0 Å². The van der Waals surface area contributed by atoms with Crippen molar-refractivity contribution in [1.82, 2.24) is 14.8 Å². The molecule has 24 heavy (non-hydrogen) atoms. The van der Waals surface area contributed by atoms with Crippen molar-refractivity contribution >= 4 is 23.2 Å². The second-order valence-electron chi connectivity index (χ2n) is 6.06. The number of carbonyl (C=O) groups excluding carboxylic acids is 2. The van der Waals surface area contributed by atoms with E-state index in [0.717, 1.165) is 17.0 Å². The molecule has 0 radical (unpaired) electrons. The molecule has 3 rings (SSSR count). The molecule has 1 aliphatic heterocycles. The average molecular weight is 343 g/mol. The maximum Gasteiger partial charge on any atom is 0.273 e. The summed E-state index contributed by atoms with van der Waals surface area (Å²) in [7, 11) is 0. The summed E-state index contributed by atoms with van der Waals surface area (Å²) < 4.78 is 0. The Hall–Kier alpha value is -2.21. The molecule has 0 spiro atoms. The molecule has 0 N–H and O–H groups in total. The predicted octanol–water partition coefficient (Wildman–Crippen LogP) is 2.81. The van der Waals surface area contributed by atoms with E-state index in [0.29, 0.717) is 31.9 Å². The number of thiazole rings is 1. The lowest BCUT2D eigenvalue weighted by Crippen LogP contribution is -2.36. The van der Waals surface area contributed by atoms with Gasteiger partial charge in [-0.1, -0.05) is 29.8 Å². The lowest BCUT2D eigenvalue weighted by atomic mass is 10.2. The van der Waals surface area contributed by atoms with Crippen LogP contribution in [0.25, 0.3) is 10.6 Å². The van der Waals surface area contributed by atoms with Crippen LogP contribution in [0.4, 0.5) is 0 Å². The largest absolute Gasteiger partial charge is 0.341 e. The molecule has 0 atom stereocenters. The predicted molar refractivity (Wildman–Crippen MR) is 95.1 cm³/mol. The molecule has 1 fully saturated rings. The molecule has 2 amide bonds. The van der Waals surface area contributed by atoms with Gasteiger partial charge in [-0.3, -0.25) is 9.59 Å². The number of aryl methyl sites for hydroxylation is 1. The Morgan fingerprint density at radius 1 is 1.04 bits per heavy atom. The van der Waals surface area contributed by atoms with Crippen LogP contribution < -0.4 is 0 Å². The van der Waals surface area contributed by atoms with Crippen LogP contribution in [0.2, 0.25) is 0 Å². The fourth-order valence-electron chi connectivity index (χ4n) is 2.80. The number of hydrogen-bond acceptors (Lipinski definition) is 4. The molecule has 6 heteroatoms. The number of aromatic nitrogens is 1. The van der Waals surface area contributed by atoms with Crippen molar-refractivity contribution in [1.29, 1.82) is 0 Å². The summed E-state index contributed by atoms with van der Waals surface area (Å²) in [5.41, 5.74) is 2.72. The van der Waals surface area contributed by atoms with Gasteiger partial charge in [0.2, 0.25) is 5.91 Å². The molecular formula is C18H21N3O2S. The lowest BCUT2D eigenvalue weighted by molar-refractivity contribution is -0.128. The van der Waals surface area contributed by atoms with Gasteiger partial charge in [0.05, 0.1) is 0 Å². The maximum atomic E-state index is 12.7. The minimum Gasteiger partial charge on any atom is -0.341 e. The zero-order valence-electron chi connectivity index (χ0n) is 14.0. The van der Waals surface area contributed by atoms with Gasteiger partial charge < -0.3 is 9.80 Å². The van der Waals surface area contributed by atoms with E-state index in [1.54, 1.807) is 16.7 Å². The summed E-state index contributed by atoms with van der Waals surface area (Å²) in [6.07, 6.45) is 0.806. The fraction of sp³-hybridized carbons (Fsp3) is 0.389. The van der Waals surface area contributed by atoms with Gasteiger partial charge in [0.25, 0.3) is 5.91 Å². The first-order valence-corrected chi connectivity index (χ1v) is 9.00. The van der Waals surface area contributed by atoms with Gasteiger partial charge in [-0.05, 0) is 13.3 Å². The molecule has 1 aliphatic rings. The minimum absolute atomic E-state index is 0.0463. The summed E-state index contributed by atoms with van der Waals surface area (Å²) in [6.45, 7) is 6.16. The monoisotopic (exact) mass is 343 g/mol. The fourth-order valence-corrected chi connectivity index (χ4v) is 3.60. The quantitative estimate of drug-likeness (QED) is 0.842. The summed E-state index contributed by atoms with van der Waals surface area (Å²) >= 11 is 1.49. The third kappa shape index (κ3) is 3.64. The highest BCUT2D eigenvalue weighted by Crippen LogP contribution is 2.24.